The molecule has 3 N–H and O–H groups in total. The van der Waals surface area contributed by atoms with Gasteiger partial charge in [0.2, 0.25) is 0 Å². The normalized spacial score (nSPS) is 37.7. The average molecular weight is 749 g/mol. The van der Waals surface area contributed by atoms with Crippen molar-refractivity contribution in [2.45, 2.75) is 62.1 Å². The number of ether oxygens (including phenoxy) is 2. The SMILES string of the molecule is O=P1(S)OC[C@H]2OC3[C@H](F)[C@@H]2OP(O)(=S)OC[C@H]2O[C@H]([C@H](F)[C@@H]2O1)n1cnc2c(ncnc21)NCCCCNc1ncnc2c1ncn23. The Labute approximate surface area is 280 Å². The summed E-state index contributed by atoms with van der Waals surface area (Å²) < 4.78 is 82.9. The lowest BCUT2D eigenvalue weighted by Crippen LogP contribution is -2.37. The zero-order valence-corrected chi connectivity index (χ0v) is 28.1. The molecule has 5 aliphatic rings. The second-order valence-corrected chi connectivity index (χ2v) is 17.0. The number of halogens is 2. The Morgan fingerprint density at radius 3 is 1.85 bits per heavy atom. The first kappa shape index (κ1) is 32.7. The standard InChI is InChI=1S/C24H28F2N10O8P2S2/c25-13-17-11-5-39-46(38,48)44-18-12(6-40-45(37,47)43-17)42-24(14(18)26)36-10-34-16-20(30-8-32-22(16)36)28-4-2-1-3-27-19-15-21(31-7-29-19)35(9-33-15)23(13)41-11/h7-14,17-18,23-24H,1-6H2,(H,37,47)(H,38,48)(H,27,29,31)(H,28,30,32)/t11-,12-,13-,14-,17-,18-,23-,24?,45?,46?/m1/s1. The van der Waals surface area contributed by atoms with E-state index in [1.807, 2.05) is 0 Å². The van der Waals surface area contributed by atoms with Crippen LogP contribution in [0, 0.1) is 0 Å². The third-order valence-corrected chi connectivity index (χ3v) is 11.5. The number of thiol groups is 1. The van der Waals surface area contributed by atoms with Crippen LogP contribution in [0.25, 0.3) is 22.3 Å². The number of hydrogen-bond acceptors (Lipinski definition) is 16. The largest absolute Gasteiger partial charge is 0.386 e. The van der Waals surface area contributed by atoms with Crippen LogP contribution in [0.1, 0.15) is 25.3 Å². The number of alkyl halides is 2. The van der Waals surface area contributed by atoms with Gasteiger partial charge in [0.1, 0.15) is 37.1 Å². The van der Waals surface area contributed by atoms with Crippen molar-refractivity contribution in [3.05, 3.63) is 25.3 Å². The van der Waals surface area contributed by atoms with E-state index in [-0.39, 0.29) is 11.3 Å². The van der Waals surface area contributed by atoms with Gasteiger partial charge in [-0.25, -0.2) is 43.2 Å². The number of nitrogens with zero attached hydrogens (tertiary/aromatic N) is 8. The van der Waals surface area contributed by atoms with Crippen LogP contribution < -0.4 is 10.6 Å². The van der Waals surface area contributed by atoms with E-state index in [0.29, 0.717) is 35.8 Å². The number of anilines is 2. The number of rotatable bonds is 0. The van der Waals surface area contributed by atoms with Gasteiger partial charge in [-0.2, -0.15) is 0 Å². The number of imidazole rings is 2. The van der Waals surface area contributed by atoms with Crippen molar-refractivity contribution in [3.63, 3.8) is 0 Å². The third kappa shape index (κ3) is 6.00. The summed E-state index contributed by atoms with van der Waals surface area (Å²) in [4.78, 5) is 37.0. The van der Waals surface area contributed by atoms with E-state index >= 15 is 8.78 Å². The molecule has 10 atom stereocenters. The zero-order chi connectivity index (χ0) is 33.2. The molecular weight excluding hydrogens is 720 g/mol. The number of nitrogens with one attached hydrogen (secondary N) is 2. The smallest absolute Gasteiger partial charge is 0.368 e. The van der Waals surface area contributed by atoms with Gasteiger partial charge >= 0.3 is 13.5 Å². The van der Waals surface area contributed by atoms with Crippen molar-refractivity contribution in [3.8, 4) is 0 Å². The van der Waals surface area contributed by atoms with E-state index in [4.69, 9.17) is 39.4 Å². The van der Waals surface area contributed by atoms with Crippen molar-refractivity contribution in [1.29, 1.82) is 0 Å². The van der Waals surface area contributed by atoms with Gasteiger partial charge in [-0.1, -0.05) is 12.2 Å². The molecule has 0 saturated carbocycles. The van der Waals surface area contributed by atoms with Crippen LogP contribution >= 0.6 is 25.8 Å². The summed E-state index contributed by atoms with van der Waals surface area (Å²) in [7, 11) is 0. The molecule has 4 aromatic heterocycles. The van der Waals surface area contributed by atoms with Crippen LogP contribution in [0.3, 0.4) is 0 Å². The van der Waals surface area contributed by atoms with E-state index in [0.717, 1.165) is 12.8 Å². The molecule has 48 heavy (non-hydrogen) atoms. The molecule has 3 saturated heterocycles. The predicted octanol–water partition coefficient (Wildman–Crippen LogP) is 2.83. The Morgan fingerprint density at radius 1 is 0.812 bits per heavy atom. The zero-order valence-electron chi connectivity index (χ0n) is 24.6. The minimum atomic E-state index is -4.37. The maximum absolute atomic E-state index is 16.2. The van der Waals surface area contributed by atoms with Gasteiger partial charge in [-0.3, -0.25) is 22.7 Å². The Bertz CT molecular complexity index is 1810. The number of hydrogen-bond donors (Lipinski definition) is 4. The van der Waals surface area contributed by atoms with Gasteiger partial charge in [0.15, 0.2) is 58.8 Å². The van der Waals surface area contributed by atoms with E-state index in [1.165, 1.54) is 34.4 Å². The van der Waals surface area contributed by atoms with Crippen molar-refractivity contribution >= 4 is 71.5 Å². The van der Waals surface area contributed by atoms with Crippen LogP contribution in [0.5, 0.6) is 0 Å². The van der Waals surface area contributed by atoms with Crippen LogP contribution in [0.4, 0.5) is 20.4 Å². The molecule has 5 aliphatic heterocycles. The maximum Gasteiger partial charge on any atom is 0.386 e. The number of fused-ring (bicyclic) bond motifs is 11. The monoisotopic (exact) mass is 748 g/mol. The van der Waals surface area contributed by atoms with Crippen LogP contribution in [-0.2, 0) is 43.9 Å². The molecule has 0 radical (unpaired) electrons. The maximum atomic E-state index is 16.2. The number of aromatic nitrogens is 8. The fourth-order valence-corrected chi connectivity index (χ4v) is 8.98. The molecule has 9 heterocycles. The van der Waals surface area contributed by atoms with Gasteiger partial charge in [0.25, 0.3) is 0 Å². The Balaban J connectivity index is 1.19. The van der Waals surface area contributed by atoms with E-state index < -0.39 is 75.9 Å². The first-order chi connectivity index (χ1) is 23.1. The fraction of sp³-hybridized carbons (Fsp3) is 0.583. The van der Waals surface area contributed by atoms with E-state index in [2.05, 4.69) is 52.8 Å². The lowest BCUT2D eigenvalue weighted by Gasteiger charge is -2.29. The highest BCUT2D eigenvalue weighted by Crippen LogP contribution is 2.58. The molecule has 4 aromatic rings. The second kappa shape index (κ2) is 12.7. The van der Waals surface area contributed by atoms with Gasteiger partial charge in [-0.05, 0) is 24.6 Å². The summed E-state index contributed by atoms with van der Waals surface area (Å²) in [5, 5.41) is 6.47. The van der Waals surface area contributed by atoms with Gasteiger partial charge in [-0.15, -0.1) is 0 Å². The highest BCUT2D eigenvalue weighted by Gasteiger charge is 2.54. The lowest BCUT2D eigenvalue weighted by molar-refractivity contribution is -0.0564. The molecule has 3 fully saturated rings. The molecule has 0 spiro atoms. The Hall–Kier alpha value is -2.49. The quantitative estimate of drug-likeness (QED) is 0.151. The highest BCUT2D eigenvalue weighted by atomic mass is 32.7. The second-order valence-electron chi connectivity index (χ2n) is 11.3. The van der Waals surface area contributed by atoms with Crippen LogP contribution in [0.15, 0.2) is 25.3 Å². The summed E-state index contributed by atoms with van der Waals surface area (Å²) in [6.45, 7) is -8.75. The molecule has 24 heteroatoms. The van der Waals surface area contributed by atoms with Crippen molar-refractivity contribution in [2.75, 3.05) is 36.9 Å². The lowest BCUT2D eigenvalue weighted by atomic mass is 10.1. The molecule has 0 aliphatic carbocycles. The van der Waals surface area contributed by atoms with Crippen LogP contribution in [-0.4, -0.2) is 107 Å². The Kier molecular flexibility index (Phi) is 8.64. The molecule has 258 valence electrons. The molecule has 14 bridgehead atoms. The molecule has 9 rings (SSSR count). The highest BCUT2D eigenvalue weighted by molar-refractivity contribution is 8.44. The summed E-state index contributed by atoms with van der Waals surface area (Å²) in [5.41, 5.74) is 1.21. The van der Waals surface area contributed by atoms with Gasteiger partial charge in [0, 0.05) is 13.1 Å². The third-order valence-electron chi connectivity index (χ3n) is 8.30. The summed E-state index contributed by atoms with van der Waals surface area (Å²) in [6.07, 6.45) is -5.78. The van der Waals surface area contributed by atoms with Crippen LogP contribution in [0.2, 0.25) is 0 Å². The molecule has 18 nitrogen and oxygen atoms in total. The minimum Gasteiger partial charge on any atom is -0.368 e. The molecule has 3 unspecified atom stereocenters. The Morgan fingerprint density at radius 2 is 1.31 bits per heavy atom. The summed E-state index contributed by atoms with van der Waals surface area (Å²) >= 11 is 9.29. The first-order valence-corrected chi connectivity index (χ1v) is 20.1. The van der Waals surface area contributed by atoms with E-state index in [9.17, 15) is 9.46 Å². The predicted molar refractivity (Wildman–Crippen MR) is 169 cm³/mol. The molecule has 0 aromatic carbocycles. The van der Waals surface area contributed by atoms with Crippen molar-refractivity contribution in [2.24, 2.45) is 0 Å². The summed E-state index contributed by atoms with van der Waals surface area (Å²) in [5.74, 6) is 0.856. The average Bonchev–Trinajstić information content (AvgIpc) is 3.81. The van der Waals surface area contributed by atoms with Gasteiger partial charge < -0.3 is 29.5 Å². The summed E-state index contributed by atoms with van der Waals surface area (Å²) in [6, 6.07) is 0. The van der Waals surface area contributed by atoms with Gasteiger partial charge in [0.05, 0.1) is 25.9 Å². The van der Waals surface area contributed by atoms with Crippen molar-refractivity contribution < 1.29 is 45.8 Å². The topological polar surface area (TPSA) is 204 Å². The van der Waals surface area contributed by atoms with E-state index in [1.54, 1.807) is 0 Å². The molecular formula is C24H28F2N10O8P2S2. The fourth-order valence-electron chi connectivity index (χ4n) is 6.06. The van der Waals surface area contributed by atoms with Crippen molar-refractivity contribution in [1.82, 2.24) is 39.0 Å². The minimum absolute atomic E-state index is 0.246. The first-order valence-electron chi connectivity index (χ1n) is 14.8. The molecule has 0 amide bonds.